The third kappa shape index (κ3) is 1.93. The molecule has 14 heavy (non-hydrogen) atoms. The number of nitrogens with two attached hydrogens (primary N) is 1. The van der Waals surface area contributed by atoms with Crippen LogP contribution in [0.3, 0.4) is 0 Å². The van der Waals surface area contributed by atoms with E-state index in [4.69, 9.17) is 11.0 Å². The van der Waals surface area contributed by atoms with Gasteiger partial charge in [-0.15, -0.1) is 0 Å². The Bertz CT molecular complexity index is 384. The highest BCUT2D eigenvalue weighted by Gasteiger charge is 2.17. The van der Waals surface area contributed by atoms with Crippen molar-refractivity contribution in [3.8, 4) is 6.07 Å². The van der Waals surface area contributed by atoms with E-state index in [0.29, 0.717) is 0 Å². The number of hydrogen-bond donors (Lipinski definition) is 1. The second-order valence-electron chi connectivity index (χ2n) is 2.54. The largest absolute Gasteiger partial charge is 0.395 e. The average molecular weight is 201 g/mol. The van der Waals surface area contributed by atoms with Crippen LogP contribution in [-0.4, -0.2) is 4.98 Å². The van der Waals surface area contributed by atoms with Crippen LogP contribution in [0.4, 0.5) is 18.9 Å². The number of halogens is 3. The number of rotatable bonds is 2. The zero-order valence-corrected chi connectivity index (χ0v) is 6.97. The summed E-state index contributed by atoms with van der Waals surface area (Å²) in [6, 6.07) is 2.43. The van der Waals surface area contributed by atoms with Crippen molar-refractivity contribution in [2.24, 2.45) is 0 Å². The minimum atomic E-state index is -2.81. The Morgan fingerprint density at radius 2 is 2.21 bits per heavy atom. The van der Waals surface area contributed by atoms with E-state index in [1.807, 2.05) is 0 Å². The molecule has 6 heteroatoms. The summed E-state index contributed by atoms with van der Waals surface area (Å²) in [6.07, 6.45) is -3.18. The summed E-state index contributed by atoms with van der Waals surface area (Å²) in [4.78, 5) is 3.19. The van der Waals surface area contributed by atoms with Crippen LogP contribution in [0.15, 0.2) is 6.07 Å². The molecule has 1 rings (SSSR count). The molecule has 0 saturated heterocycles. The first-order chi connectivity index (χ1) is 6.56. The molecule has 3 nitrogen and oxygen atoms in total. The molecule has 0 spiro atoms. The van der Waals surface area contributed by atoms with Crippen LogP contribution in [-0.2, 0) is 6.42 Å². The molecule has 0 radical (unpaired) electrons. The number of aromatic nitrogens is 1. The van der Waals surface area contributed by atoms with Crippen LogP contribution in [0.2, 0.25) is 0 Å². The van der Waals surface area contributed by atoms with E-state index in [2.05, 4.69) is 4.98 Å². The Morgan fingerprint density at radius 3 is 2.71 bits per heavy atom. The Labute approximate surface area is 78.0 Å². The van der Waals surface area contributed by atoms with E-state index in [0.717, 1.165) is 6.07 Å². The van der Waals surface area contributed by atoms with Gasteiger partial charge in [0.25, 0.3) is 6.43 Å². The number of nitrogen functional groups attached to an aromatic ring is 1. The zero-order valence-electron chi connectivity index (χ0n) is 6.97. The number of nitrogens with zero attached hydrogens (tertiary/aromatic N) is 2. The molecule has 74 valence electrons. The number of hydrogen-bond acceptors (Lipinski definition) is 3. The lowest BCUT2D eigenvalue weighted by molar-refractivity contribution is 0.149. The standard InChI is InChI=1S/C8H6F3N3/c9-7(10)4-3-5(13)8(11)14-6(4)1-2-12/h3,7H,1,13H2. The van der Waals surface area contributed by atoms with Crippen LogP contribution in [0.1, 0.15) is 17.7 Å². The lowest BCUT2D eigenvalue weighted by Crippen LogP contribution is -2.04. The fourth-order valence-electron chi connectivity index (χ4n) is 0.963. The SMILES string of the molecule is N#CCc1nc(F)c(N)cc1C(F)F. The molecule has 0 unspecified atom stereocenters. The Hall–Kier alpha value is -1.77. The number of pyridine rings is 1. The van der Waals surface area contributed by atoms with Crippen LogP contribution in [0.5, 0.6) is 0 Å². The van der Waals surface area contributed by atoms with Gasteiger partial charge in [0.05, 0.1) is 23.9 Å². The maximum Gasteiger partial charge on any atom is 0.265 e. The van der Waals surface area contributed by atoms with Crippen LogP contribution >= 0.6 is 0 Å². The lowest BCUT2D eigenvalue weighted by atomic mass is 10.1. The van der Waals surface area contributed by atoms with Crippen molar-refractivity contribution in [2.75, 3.05) is 5.73 Å². The predicted molar refractivity (Wildman–Crippen MR) is 42.9 cm³/mol. The van der Waals surface area contributed by atoms with E-state index in [9.17, 15) is 13.2 Å². The van der Waals surface area contributed by atoms with E-state index >= 15 is 0 Å². The molecule has 0 aliphatic rings. The second kappa shape index (κ2) is 3.96. The maximum absolute atomic E-state index is 12.8. The highest BCUT2D eigenvalue weighted by atomic mass is 19.3. The first-order valence-corrected chi connectivity index (χ1v) is 3.66. The molecule has 0 fully saturated rings. The normalized spacial score (nSPS) is 10.2. The molecule has 0 aromatic carbocycles. The summed E-state index contributed by atoms with van der Waals surface area (Å²) in [5.41, 5.74) is 3.86. The molecular formula is C8H6F3N3. The summed E-state index contributed by atoms with van der Waals surface area (Å²) in [5, 5.41) is 8.30. The van der Waals surface area contributed by atoms with Gasteiger partial charge in [-0.1, -0.05) is 0 Å². The maximum atomic E-state index is 12.8. The van der Waals surface area contributed by atoms with Crippen LogP contribution < -0.4 is 5.73 Å². The molecule has 1 aromatic heterocycles. The average Bonchev–Trinajstić information content (AvgIpc) is 2.11. The van der Waals surface area contributed by atoms with Gasteiger partial charge < -0.3 is 5.73 Å². The molecule has 2 N–H and O–H groups in total. The van der Waals surface area contributed by atoms with Crippen molar-refractivity contribution in [2.45, 2.75) is 12.8 Å². The van der Waals surface area contributed by atoms with Gasteiger partial charge >= 0.3 is 0 Å². The molecule has 0 bridgehead atoms. The quantitative estimate of drug-likeness (QED) is 0.742. The van der Waals surface area contributed by atoms with Crippen molar-refractivity contribution in [1.82, 2.24) is 4.98 Å². The van der Waals surface area contributed by atoms with Gasteiger partial charge in [0.2, 0.25) is 5.95 Å². The van der Waals surface area contributed by atoms with Gasteiger partial charge in [0.1, 0.15) is 0 Å². The summed E-state index contributed by atoms with van der Waals surface area (Å²) in [5.74, 6) is -1.03. The van der Waals surface area contributed by atoms with Gasteiger partial charge in [-0.3, -0.25) is 0 Å². The topological polar surface area (TPSA) is 62.7 Å². The first-order valence-electron chi connectivity index (χ1n) is 3.66. The first kappa shape index (κ1) is 10.3. The zero-order chi connectivity index (χ0) is 10.7. The highest BCUT2D eigenvalue weighted by Crippen LogP contribution is 2.25. The van der Waals surface area contributed by atoms with E-state index in [-0.39, 0.29) is 12.1 Å². The second-order valence-corrected chi connectivity index (χ2v) is 2.54. The number of anilines is 1. The van der Waals surface area contributed by atoms with Crippen molar-refractivity contribution < 1.29 is 13.2 Å². The van der Waals surface area contributed by atoms with Crippen molar-refractivity contribution in [3.63, 3.8) is 0 Å². The summed E-state index contributed by atoms with van der Waals surface area (Å²) < 4.78 is 37.4. The third-order valence-electron chi connectivity index (χ3n) is 1.60. The molecule has 0 saturated carbocycles. The minimum absolute atomic E-state index is 0.269. The number of nitriles is 1. The molecule has 0 aliphatic heterocycles. The molecule has 0 amide bonds. The Morgan fingerprint density at radius 1 is 1.57 bits per heavy atom. The summed E-state index contributed by atoms with van der Waals surface area (Å²) >= 11 is 0. The van der Waals surface area contributed by atoms with Gasteiger partial charge in [-0.2, -0.15) is 9.65 Å². The van der Waals surface area contributed by atoms with Gasteiger partial charge in [0.15, 0.2) is 0 Å². The minimum Gasteiger partial charge on any atom is -0.395 e. The van der Waals surface area contributed by atoms with Crippen LogP contribution in [0.25, 0.3) is 0 Å². The number of alkyl halides is 2. The van der Waals surface area contributed by atoms with Crippen molar-refractivity contribution in [1.29, 1.82) is 5.26 Å². The van der Waals surface area contributed by atoms with Crippen molar-refractivity contribution >= 4 is 5.69 Å². The highest BCUT2D eigenvalue weighted by molar-refractivity contribution is 5.42. The molecule has 1 heterocycles. The monoisotopic (exact) mass is 201 g/mol. The van der Waals surface area contributed by atoms with Crippen molar-refractivity contribution in [3.05, 3.63) is 23.3 Å². The lowest BCUT2D eigenvalue weighted by Gasteiger charge is -2.06. The van der Waals surface area contributed by atoms with Gasteiger partial charge in [-0.05, 0) is 6.07 Å². The summed E-state index contributed by atoms with van der Waals surface area (Å²) in [6.45, 7) is 0. The fourth-order valence-corrected chi connectivity index (χ4v) is 0.963. The van der Waals surface area contributed by atoms with Gasteiger partial charge in [0, 0.05) is 5.56 Å². The van der Waals surface area contributed by atoms with E-state index in [1.54, 1.807) is 6.07 Å². The fraction of sp³-hybridized carbons (Fsp3) is 0.250. The van der Waals surface area contributed by atoms with E-state index in [1.165, 1.54) is 0 Å². The smallest absolute Gasteiger partial charge is 0.265 e. The van der Waals surface area contributed by atoms with Crippen LogP contribution in [0, 0.1) is 17.3 Å². The summed E-state index contributed by atoms with van der Waals surface area (Å²) in [7, 11) is 0. The molecule has 1 aromatic rings. The van der Waals surface area contributed by atoms with Gasteiger partial charge in [-0.25, -0.2) is 13.8 Å². The molecular weight excluding hydrogens is 195 g/mol. The molecule has 0 aliphatic carbocycles. The Kier molecular flexibility index (Phi) is 2.92. The third-order valence-corrected chi connectivity index (χ3v) is 1.60. The van der Waals surface area contributed by atoms with E-state index < -0.39 is 23.6 Å². The predicted octanol–water partition coefficient (Wildman–Crippen LogP) is 1.81. The Balaban J connectivity index is 3.25. The molecule has 0 atom stereocenters.